The third-order valence-corrected chi connectivity index (χ3v) is 4.30. The molecule has 0 saturated heterocycles. The zero-order chi connectivity index (χ0) is 16.6. The third kappa shape index (κ3) is 2.84. The zero-order valence-electron chi connectivity index (χ0n) is 13.4. The number of hydrogen-bond donors (Lipinski definition) is 1. The van der Waals surface area contributed by atoms with Crippen LogP contribution in [0, 0.1) is 13.8 Å². The second-order valence-corrected chi connectivity index (χ2v) is 5.96. The number of hydrogen-bond acceptors (Lipinski definition) is 3. The number of rotatable bonds is 3. The van der Waals surface area contributed by atoms with Gasteiger partial charge in [0.15, 0.2) is 0 Å². The molecule has 1 aromatic heterocycles. The van der Waals surface area contributed by atoms with E-state index in [1.165, 1.54) is 0 Å². The number of aromatic hydroxyl groups is 1. The first-order chi connectivity index (χ1) is 11.0. The molecule has 0 radical (unpaired) electrons. The highest BCUT2D eigenvalue weighted by atomic mass is 35.5. The summed E-state index contributed by atoms with van der Waals surface area (Å²) in [6.07, 6.45) is 0.784. The molecule has 0 aliphatic carbocycles. The summed E-state index contributed by atoms with van der Waals surface area (Å²) in [5, 5.41) is 11.7. The molecule has 0 fully saturated rings. The second-order valence-electron chi connectivity index (χ2n) is 5.55. The molecule has 23 heavy (non-hydrogen) atoms. The van der Waals surface area contributed by atoms with Crippen LogP contribution < -0.4 is 4.74 Å². The van der Waals surface area contributed by atoms with Crippen molar-refractivity contribution >= 4 is 22.5 Å². The Morgan fingerprint density at radius 3 is 2.57 bits per heavy atom. The van der Waals surface area contributed by atoms with Gasteiger partial charge in [-0.25, -0.2) is 0 Å². The fraction of sp³-hybridized carbons (Fsp3) is 0.211. The minimum atomic E-state index is 0.260. The molecular formula is C19H18ClNO2. The van der Waals surface area contributed by atoms with Gasteiger partial charge in [-0.15, -0.1) is 0 Å². The van der Waals surface area contributed by atoms with E-state index in [1.54, 1.807) is 6.07 Å². The standard InChI is InChI=1S/C19H18ClNO2/c1-4-15-12(3)19(22)13-10-18(11(2)9-16(13)21-15)23-17-8-6-5-7-14(17)20/h5-10H,4H2,1-3H3,(H,21,22). The first kappa shape index (κ1) is 15.6. The second kappa shape index (κ2) is 6.09. The molecule has 0 aliphatic heterocycles. The lowest BCUT2D eigenvalue weighted by atomic mass is 10.0. The van der Waals surface area contributed by atoms with Crippen LogP contribution in [0.2, 0.25) is 5.02 Å². The lowest BCUT2D eigenvalue weighted by Crippen LogP contribution is -1.96. The molecule has 118 valence electrons. The van der Waals surface area contributed by atoms with Crippen molar-refractivity contribution in [3.63, 3.8) is 0 Å². The van der Waals surface area contributed by atoms with E-state index < -0.39 is 0 Å². The van der Waals surface area contributed by atoms with E-state index in [1.807, 2.05) is 51.1 Å². The molecule has 0 bridgehead atoms. The quantitative estimate of drug-likeness (QED) is 0.684. The van der Waals surface area contributed by atoms with Crippen LogP contribution in [-0.4, -0.2) is 10.1 Å². The van der Waals surface area contributed by atoms with E-state index in [4.69, 9.17) is 16.3 Å². The number of nitrogens with zero attached hydrogens (tertiary/aromatic N) is 1. The van der Waals surface area contributed by atoms with Gasteiger partial charge in [0.25, 0.3) is 0 Å². The van der Waals surface area contributed by atoms with Gasteiger partial charge in [-0.2, -0.15) is 0 Å². The van der Waals surface area contributed by atoms with E-state index in [-0.39, 0.29) is 5.75 Å². The monoisotopic (exact) mass is 327 g/mol. The first-order valence-electron chi connectivity index (χ1n) is 7.56. The highest BCUT2D eigenvalue weighted by molar-refractivity contribution is 6.32. The van der Waals surface area contributed by atoms with Crippen molar-refractivity contribution in [3.05, 3.63) is 58.2 Å². The van der Waals surface area contributed by atoms with Crippen LogP contribution in [0.4, 0.5) is 0 Å². The van der Waals surface area contributed by atoms with E-state index in [2.05, 4.69) is 4.98 Å². The number of benzene rings is 2. The van der Waals surface area contributed by atoms with Crippen molar-refractivity contribution in [2.45, 2.75) is 27.2 Å². The van der Waals surface area contributed by atoms with E-state index in [9.17, 15) is 5.11 Å². The number of aromatic nitrogens is 1. The van der Waals surface area contributed by atoms with Crippen LogP contribution in [0.5, 0.6) is 17.2 Å². The molecule has 3 nitrogen and oxygen atoms in total. The van der Waals surface area contributed by atoms with Crippen LogP contribution in [0.25, 0.3) is 10.9 Å². The van der Waals surface area contributed by atoms with Crippen molar-refractivity contribution in [1.29, 1.82) is 0 Å². The zero-order valence-corrected chi connectivity index (χ0v) is 14.1. The Hall–Kier alpha value is -2.26. The molecule has 4 heteroatoms. The van der Waals surface area contributed by atoms with Gasteiger partial charge in [-0.05, 0) is 50.1 Å². The van der Waals surface area contributed by atoms with E-state index in [0.717, 1.165) is 28.8 Å². The SMILES string of the molecule is CCc1nc2cc(C)c(Oc3ccccc3Cl)cc2c(O)c1C. The van der Waals surface area contributed by atoms with Crippen LogP contribution in [0.15, 0.2) is 36.4 Å². The summed E-state index contributed by atoms with van der Waals surface area (Å²) in [7, 11) is 0. The van der Waals surface area contributed by atoms with E-state index >= 15 is 0 Å². The molecule has 0 amide bonds. The van der Waals surface area contributed by atoms with E-state index in [0.29, 0.717) is 21.9 Å². The topological polar surface area (TPSA) is 42.4 Å². The lowest BCUT2D eigenvalue weighted by molar-refractivity contribution is 0.471. The number of aryl methyl sites for hydroxylation is 2. The first-order valence-corrected chi connectivity index (χ1v) is 7.94. The van der Waals surface area contributed by atoms with Gasteiger partial charge in [-0.1, -0.05) is 30.7 Å². The van der Waals surface area contributed by atoms with Crippen molar-refractivity contribution in [3.8, 4) is 17.2 Å². The fourth-order valence-electron chi connectivity index (χ4n) is 2.62. The molecule has 3 rings (SSSR count). The van der Waals surface area contributed by atoms with Crippen molar-refractivity contribution in [2.24, 2.45) is 0 Å². The molecule has 0 atom stereocenters. The predicted octanol–water partition coefficient (Wildman–Crippen LogP) is 5.57. The average molecular weight is 328 g/mol. The number of para-hydroxylation sites is 1. The molecule has 3 aromatic rings. The maximum Gasteiger partial charge on any atom is 0.146 e. The number of ether oxygens (including phenoxy) is 1. The summed E-state index contributed by atoms with van der Waals surface area (Å²) in [5.74, 6) is 1.51. The summed E-state index contributed by atoms with van der Waals surface area (Å²) in [4.78, 5) is 4.64. The Kier molecular flexibility index (Phi) is 4.14. The maximum absolute atomic E-state index is 10.5. The summed E-state index contributed by atoms with van der Waals surface area (Å²) in [6.45, 7) is 5.87. The molecule has 0 aliphatic rings. The van der Waals surface area contributed by atoms with Crippen LogP contribution in [0.1, 0.15) is 23.7 Å². The number of fused-ring (bicyclic) bond motifs is 1. The molecule has 1 heterocycles. The molecule has 2 aromatic carbocycles. The van der Waals surface area contributed by atoms with Gasteiger partial charge >= 0.3 is 0 Å². The van der Waals surface area contributed by atoms with Crippen LogP contribution in [0.3, 0.4) is 0 Å². The third-order valence-electron chi connectivity index (χ3n) is 3.98. The highest BCUT2D eigenvalue weighted by Gasteiger charge is 2.13. The predicted molar refractivity (Wildman–Crippen MR) is 93.8 cm³/mol. The fourth-order valence-corrected chi connectivity index (χ4v) is 2.80. The van der Waals surface area contributed by atoms with Gasteiger partial charge in [-0.3, -0.25) is 4.98 Å². The Morgan fingerprint density at radius 2 is 1.87 bits per heavy atom. The van der Waals surface area contributed by atoms with Crippen LogP contribution in [-0.2, 0) is 6.42 Å². The summed E-state index contributed by atoms with van der Waals surface area (Å²) < 4.78 is 5.93. The maximum atomic E-state index is 10.5. The van der Waals surface area contributed by atoms with Gasteiger partial charge in [0.1, 0.15) is 17.2 Å². The minimum absolute atomic E-state index is 0.260. The summed E-state index contributed by atoms with van der Waals surface area (Å²) >= 11 is 6.15. The van der Waals surface area contributed by atoms with Gasteiger partial charge in [0.2, 0.25) is 0 Å². The van der Waals surface area contributed by atoms with Gasteiger partial charge in [0, 0.05) is 16.6 Å². The van der Waals surface area contributed by atoms with Crippen LogP contribution >= 0.6 is 11.6 Å². The van der Waals surface area contributed by atoms with Gasteiger partial charge in [0.05, 0.1) is 10.5 Å². The summed E-state index contributed by atoms with van der Waals surface area (Å²) in [6, 6.07) is 11.1. The summed E-state index contributed by atoms with van der Waals surface area (Å²) in [5.41, 5.74) is 3.44. The molecule has 1 N–H and O–H groups in total. The van der Waals surface area contributed by atoms with Gasteiger partial charge < -0.3 is 9.84 Å². The largest absolute Gasteiger partial charge is 0.507 e. The highest BCUT2D eigenvalue weighted by Crippen LogP contribution is 2.37. The normalized spacial score (nSPS) is 11.0. The number of pyridine rings is 1. The molecule has 0 unspecified atom stereocenters. The van der Waals surface area contributed by atoms with Crippen molar-refractivity contribution < 1.29 is 9.84 Å². The molecule has 0 spiro atoms. The Labute approximate surface area is 140 Å². The molecule has 0 saturated carbocycles. The lowest BCUT2D eigenvalue weighted by Gasteiger charge is -2.14. The molecular weight excluding hydrogens is 310 g/mol. The van der Waals surface area contributed by atoms with Crippen molar-refractivity contribution in [2.75, 3.05) is 0 Å². The van der Waals surface area contributed by atoms with Crippen molar-refractivity contribution in [1.82, 2.24) is 4.98 Å². The Bertz CT molecular complexity index is 890. The minimum Gasteiger partial charge on any atom is -0.507 e. The Morgan fingerprint density at radius 1 is 1.13 bits per heavy atom. The Balaban J connectivity index is 2.14. The smallest absolute Gasteiger partial charge is 0.146 e. The number of halogens is 1. The average Bonchev–Trinajstić information content (AvgIpc) is 2.54.